The SMILES string of the molecule is c1ccc(-n2c3ccc([Si](c4ccccc4)(c4ccccc4)c4ccccc4)cc3c3c2ccc2c4cc([Si](c5ccccc5)(c5ccccc5)c5ccccc5)ccc4n(-c4ccccc4)c23)cc1. The van der Waals surface area contributed by atoms with Gasteiger partial charge >= 0.3 is 0 Å². The number of nitrogens with zero attached hydrogens (tertiary/aromatic N) is 2. The van der Waals surface area contributed by atoms with E-state index in [1.54, 1.807) is 0 Å². The molecule has 0 spiro atoms. The fourth-order valence-corrected chi connectivity index (χ4v) is 21.4. The minimum Gasteiger partial charge on any atom is -0.309 e. The Balaban J connectivity index is 1.19. The van der Waals surface area contributed by atoms with Gasteiger partial charge in [-0.25, -0.2) is 0 Å². The Kier molecular flexibility index (Phi) is 10.2. The van der Waals surface area contributed by atoms with Gasteiger partial charge in [0.15, 0.2) is 16.1 Å². The molecule has 0 bridgehead atoms. The minimum atomic E-state index is -2.89. The Morgan fingerprint density at radius 2 is 0.514 bits per heavy atom. The molecule has 0 N–H and O–H groups in total. The topological polar surface area (TPSA) is 9.86 Å². The van der Waals surface area contributed by atoms with Crippen LogP contribution < -0.4 is 41.5 Å². The van der Waals surface area contributed by atoms with E-state index in [9.17, 15) is 0 Å². The van der Waals surface area contributed by atoms with Gasteiger partial charge in [-0.05, 0) is 84.0 Å². The zero-order valence-corrected chi connectivity index (χ0v) is 40.6. The number of para-hydroxylation sites is 2. The lowest BCUT2D eigenvalue weighted by molar-refractivity contribution is 1.17. The summed E-state index contributed by atoms with van der Waals surface area (Å²) in [6, 6.07) is 109. The summed E-state index contributed by atoms with van der Waals surface area (Å²) in [5, 5.41) is 15.8. The molecule has 0 saturated carbocycles. The monoisotopic (exact) mass is 924 g/mol. The van der Waals surface area contributed by atoms with E-state index in [1.807, 2.05) is 0 Å². The number of rotatable bonds is 10. The first-order valence-corrected chi connectivity index (χ1v) is 28.3. The van der Waals surface area contributed by atoms with Gasteiger partial charge in [0.2, 0.25) is 0 Å². The van der Waals surface area contributed by atoms with Crippen LogP contribution in [0.25, 0.3) is 55.0 Å². The maximum atomic E-state index is 2.58. The predicted octanol–water partition coefficient (Wildman–Crippen LogP) is 10.6. The molecule has 0 atom stereocenters. The van der Waals surface area contributed by atoms with Gasteiger partial charge in [0, 0.05) is 32.9 Å². The van der Waals surface area contributed by atoms with Crippen LogP contribution in [0.3, 0.4) is 0 Å². The van der Waals surface area contributed by atoms with Crippen molar-refractivity contribution in [2.24, 2.45) is 0 Å². The van der Waals surface area contributed by atoms with Crippen molar-refractivity contribution in [3.63, 3.8) is 0 Å². The summed E-state index contributed by atoms with van der Waals surface area (Å²) < 4.78 is 5.03. The van der Waals surface area contributed by atoms with Crippen molar-refractivity contribution in [1.29, 1.82) is 0 Å². The molecule has 0 aliphatic carbocycles. The second-order valence-electron chi connectivity index (χ2n) is 18.4. The third-order valence-corrected chi connectivity index (χ3v) is 24.3. The van der Waals surface area contributed by atoms with Gasteiger partial charge in [-0.3, -0.25) is 0 Å². The molecular weight excluding hydrogens is 877 g/mol. The third-order valence-electron chi connectivity index (χ3n) is 14.8. The first-order chi connectivity index (χ1) is 34.8. The average Bonchev–Trinajstić information content (AvgIpc) is 3.96. The number of fused-ring (bicyclic) bond motifs is 7. The lowest BCUT2D eigenvalue weighted by Crippen LogP contribution is -2.74. The Bertz CT molecular complexity index is 3760. The van der Waals surface area contributed by atoms with Gasteiger partial charge in [-0.15, -0.1) is 0 Å². The number of hydrogen-bond donors (Lipinski definition) is 0. The van der Waals surface area contributed by atoms with Crippen molar-refractivity contribution >= 4 is 101 Å². The van der Waals surface area contributed by atoms with Crippen LogP contribution in [0.2, 0.25) is 0 Å². The van der Waals surface area contributed by atoms with Gasteiger partial charge in [0.25, 0.3) is 0 Å². The molecule has 0 radical (unpaired) electrons. The molecule has 0 fully saturated rings. The quantitative estimate of drug-likeness (QED) is 0.0956. The Morgan fingerprint density at radius 3 is 0.886 bits per heavy atom. The normalized spacial score (nSPS) is 12.0. The van der Waals surface area contributed by atoms with Crippen LogP contribution in [0.4, 0.5) is 0 Å². The van der Waals surface area contributed by atoms with Crippen LogP contribution in [-0.4, -0.2) is 25.3 Å². The summed E-state index contributed by atoms with van der Waals surface area (Å²) >= 11 is 0. The summed E-state index contributed by atoms with van der Waals surface area (Å²) in [5.41, 5.74) is 7.04. The molecular formula is C66H48N2Si2. The highest BCUT2D eigenvalue weighted by atomic mass is 28.3. The van der Waals surface area contributed by atoms with E-state index >= 15 is 0 Å². The number of hydrogen-bond acceptors (Lipinski definition) is 0. The molecule has 0 aliphatic rings. The van der Waals surface area contributed by atoms with Gasteiger partial charge in [0.05, 0.1) is 22.1 Å². The summed E-state index contributed by atoms with van der Waals surface area (Å²) in [7, 11) is -5.73. The molecule has 0 unspecified atom stereocenters. The van der Waals surface area contributed by atoms with E-state index in [2.05, 4.69) is 300 Å². The number of benzene rings is 11. The zero-order chi connectivity index (χ0) is 46.5. The maximum Gasteiger partial charge on any atom is 0.179 e. The number of aromatic nitrogens is 2. The summed E-state index contributed by atoms with van der Waals surface area (Å²) in [5.74, 6) is 0. The van der Waals surface area contributed by atoms with Crippen molar-refractivity contribution in [3.05, 3.63) is 291 Å². The van der Waals surface area contributed by atoms with Crippen LogP contribution in [0, 0.1) is 0 Å². The lowest BCUT2D eigenvalue weighted by atomic mass is 10.1. The molecule has 330 valence electrons. The first-order valence-electron chi connectivity index (χ1n) is 24.3. The molecule has 0 amide bonds. The van der Waals surface area contributed by atoms with E-state index in [-0.39, 0.29) is 0 Å². The van der Waals surface area contributed by atoms with Crippen molar-refractivity contribution in [2.45, 2.75) is 0 Å². The maximum absolute atomic E-state index is 2.89. The van der Waals surface area contributed by atoms with Crippen LogP contribution in [0.15, 0.2) is 291 Å². The lowest BCUT2D eigenvalue weighted by Gasteiger charge is -2.34. The van der Waals surface area contributed by atoms with Crippen LogP contribution in [0.1, 0.15) is 0 Å². The molecule has 0 saturated heterocycles. The first kappa shape index (κ1) is 41.6. The van der Waals surface area contributed by atoms with Crippen LogP contribution in [-0.2, 0) is 0 Å². The predicted molar refractivity (Wildman–Crippen MR) is 302 cm³/mol. The molecule has 2 nitrogen and oxygen atoms in total. The third kappa shape index (κ3) is 6.38. The van der Waals surface area contributed by atoms with Gasteiger partial charge in [-0.1, -0.05) is 249 Å². The van der Waals surface area contributed by atoms with Gasteiger partial charge in [0.1, 0.15) is 0 Å². The van der Waals surface area contributed by atoms with Gasteiger partial charge in [-0.2, -0.15) is 0 Å². The van der Waals surface area contributed by atoms with Crippen LogP contribution in [0.5, 0.6) is 0 Å². The molecule has 11 aromatic carbocycles. The van der Waals surface area contributed by atoms with Crippen molar-refractivity contribution in [3.8, 4) is 11.4 Å². The second kappa shape index (κ2) is 17.2. The van der Waals surface area contributed by atoms with E-state index in [4.69, 9.17) is 0 Å². The molecule has 70 heavy (non-hydrogen) atoms. The fraction of sp³-hybridized carbons (Fsp3) is 0. The fourth-order valence-electron chi connectivity index (χ4n) is 11.9. The van der Waals surface area contributed by atoms with Crippen LogP contribution >= 0.6 is 0 Å². The zero-order valence-electron chi connectivity index (χ0n) is 38.6. The molecule has 2 heterocycles. The highest BCUT2D eigenvalue weighted by Crippen LogP contribution is 2.42. The molecule has 0 aliphatic heterocycles. The highest BCUT2D eigenvalue weighted by molar-refractivity contribution is 7.20. The summed E-state index contributed by atoms with van der Waals surface area (Å²) in [4.78, 5) is 0. The Morgan fingerprint density at radius 1 is 0.214 bits per heavy atom. The molecule has 4 heteroatoms. The van der Waals surface area contributed by atoms with E-state index in [1.165, 1.54) is 85.1 Å². The van der Waals surface area contributed by atoms with E-state index < -0.39 is 16.1 Å². The molecule has 13 aromatic rings. The standard InChI is InChI=1S/C66H48N2Si2/c1-9-25-49(26-10-1)67-63-45-42-58(70(54-35-19-6-20-36-54,55-37-21-7-22-38-55)56-39-23-8-24-40-56)48-61(63)65-64(67)46-43-59-60-47-57(41-44-62(60)68(66(59)65)50-27-11-2-12-28-50)69(51-29-13-3-14-30-51,52-31-15-4-16-32-52)53-33-17-5-18-34-53/h1-48H. The Labute approximate surface area is 410 Å². The molecule has 13 rings (SSSR count). The second-order valence-corrected chi connectivity index (χ2v) is 26.0. The average molecular weight is 925 g/mol. The largest absolute Gasteiger partial charge is 0.309 e. The van der Waals surface area contributed by atoms with E-state index in [0.717, 1.165) is 11.4 Å². The van der Waals surface area contributed by atoms with Gasteiger partial charge < -0.3 is 9.13 Å². The minimum absolute atomic E-state index is 1.14. The van der Waals surface area contributed by atoms with E-state index in [0.29, 0.717) is 0 Å². The molecule has 2 aromatic heterocycles. The smallest absolute Gasteiger partial charge is 0.179 e. The summed E-state index contributed by atoms with van der Waals surface area (Å²) in [6.45, 7) is 0. The van der Waals surface area contributed by atoms with Crippen molar-refractivity contribution in [1.82, 2.24) is 9.13 Å². The van der Waals surface area contributed by atoms with Crippen molar-refractivity contribution < 1.29 is 0 Å². The Hall–Kier alpha value is -8.55. The summed E-state index contributed by atoms with van der Waals surface area (Å²) in [6.07, 6.45) is 0. The van der Waals surface area contributed by atoms with Crippen molar-refractivity contribution in [2.75, 3.05) is 0 Å². The highest BCUT2D eigenvalue weighted by Gasteiger charge is 2.43.